The Bertz CT molecular complexity index is 834. The molecule has 1 unspecified atom stereocenters. The summed E-state index contributed by atoms with van der Waals surface area (Å²) in [6.07, 6.45) is 4.00. The largest absolute Gasteiger partial charge is 0.303 e. The van der Waals surface area contributed by atoms with Crippen LogP contribution in [-0.2, 0) is 6.42 Å². The van der Waals surface area contributed by atoms with Crippen molar-refractivity contribution in [2.75, 3.05) is 19.6 Å². The fourth-order valence-electron chi connectivity index (χ4n) is 5.03. The quantitative estimate of drug-likeness (QED) is 0.564. The second-order valence-electron chi connectivity index (χ2n) is 8.25. The van der Waals surface area contributed by atoms with E-state index < -0.39 is 0 Å². The summed E-state index contributed by atoms with van der Waals surface area (Å²) in [5.74, 6) is 1.75. The summed E-state index contributed by atoms with van der Waals surface area (Å²) >= 11 is 0. The highest BCUT2D eigenvalue weighted by atomic mass is 15.1. The Kier molecular flexibility index (Phi) is 4.55. The zero-order valence-electron chi connectivity index (χ0n) is 15.9. The highest BCUT2D eigenvalue weighted by Crippen LogP contribution is 2.36. The zero-order valence-corrected chi connectivity index (χ0v) is 15.9. The second kappa shape index (κ2) is 7.32. The van der Waals surface area contributed by atoms with E-state index in [1.54, 1.807) is 0 Å². The molecule has 3 aliphatic heterocycles. The van der Waals surface area contributed by atoms with Crippen molar-refractivity contribution in [3.63, 3.8) is 0 Å². The average Bonchev–Trinajstić information content (AvgIpc) is 2.76. The van der Waals surface area contributed by atoms with E-state index in [9.17, 15) is 0 Å². The lowest BCUT2D eigenvalue weighted by atomic mass is 9.76. The van der Waals surface area contributed by atoms with Crippen LogP contribution >= 0.6 is 0 Å². The molecule has 6 rings (SSSR count). The minimum absolute atomic E-state index is 0.821. The molecule has 3 heterocycles. The number of rotatable bonds is 4. The highest BCUT2D eigenvalue weighted by Gasteiger charge is 2.33. The van der Waals surface area contributed by atoms with Gasteiger partial charge in [0, 0.05) is 6.54 Å². The summed E-state index contributed by atoms with van der Waals surface area (Å²) in [4.78, 5) is 2.67. The van der Waals surface area contributed by atoms with E-state index in [0.717, 1.165) is 11.8 Å². The summed E-state index contributed by atoms with van der Waals surface area (Å²) in [7, 11) is 0. The van der Waals surface area contributed by atoms with Crippen molar-refractivity contribution in [2.24, 2.45) is 11.8 Å². The molecule has 0 N–H and O–H groups in total. The smallest absolute Gasteiger partial charge is 0.00155 e. The summed E-state index contributed by atoms with van der Waals surface area (Å²) in [5, 5.41) is 0. The molecule has 0 aliphatic carbocycles. The lowest BCUT2D eigenvalue weighted by Crippen LogP contribution is -2.48. The van der Waals surface area contributed by atoms with Gasteiger partial charge in [-0.2, -0.15) is 0 Å². The van der Waals surface area contributed by atoms with Gasteiger partial charge in [-0.15, -0.1) is 0 Å². The Balaban J connectivity index is 1.52. The van der Waals surface area contributed by atoms with Gasteiger partial charge in [0.25, 0.3) is 0 Å². The first-order valence-electron chi connectivity index (χ1n) is 10.3. The van der Waals surface area contributed by atoms with E-state index >= 15 is 0 Å². The van der Waals surface area contributed by atoms with E-state index in [1.165, 1.54) is 66.7 Å². The third kappa shape index (κ3) is 3.57. The van der Waals surface area contributed by atoms with Crippen molar-refractivity contribution in [1.29, 1.82) is 0 Å². The van der Waals surface area contributed by atoms with Gasteiger partial charge < -0.3 is 4.90 Å². The van der Waals surface area contributed by atoms with Gasteiger partial charge in [-0.25, -0.2) is 0 Å². The lowest BCUT2D eigenvalue weighted by molar-refractivity contribution is 0.0513. The number of hydrogen-bond acceptors (Lipinski definition) is 1. The van der Waals surface area contributed by atoms with E-state index in [-0.39, 0.29) is 0 Å². The number of piperidine rings is 3. The minimum Gasteiger partial charge on any atom is -0.303 e. The number of nitrogens with zero attached hydrogens (tertiary/aromatic N) is 1. The van der Waals surface area contributed by atoms with Gasteiger partial charge in [-0.05, 0) is 78.1 Å². The monoisotopic (exact) mass is 353 g/mol. The first-order chi connectivity index (χ1) is 13.3. The van der Waals surface area contributed by atoms with E-state index in [1.807, 2.05) is 0 Å². The van der Waals surface area contributed by atoms with Crippen LogP contribution in [0.25, 0.3) is 22.3 Å². The Morgan fingerprint density at radius 1 is 0.667 bits per heavy atom. The van der Waals surface area contributed by atoms with Gasteiger partial charge in [-0.1, -0.05) is 72.8 Å². The normalized spacial score (nSPS) is 24.1. The summed E-state index contributed by atoms with van der Waals surface area (Å²) < 4.78 is 0. The third-order valence-corrected chi connectivity index (χ3v) is 6.50. The van der Waals surface area contributed by atoms with Gasteiger partial charge >= 0.3 is 0 Å². The first kappa shape index (κ1) is 16.8. The van der Waals surface area contributed by atoms with Gasteiger partial charge in [0.15, 0.2) is 0 Å². The van der Waals surface area contributed by atoms with Crippen molar-refractivity contribution < 1.29 is 0 Å². The topological polar surface area (TPSA) is 3.24 Å². The molecule has 3 aliphatic rings. The summed E-state index contributed by atoms with van der Waals surface area (Å²) in [6, 6.07) is 28.8. The van der Waals surface area contributed by atoms with Gasteiger partial charge in [0.1, 0.15) is 0 Å². The molecule has 0 radical (unpaired) electrons. The fraction of sp³-hybridized carbons (Fsp3) is 0.308. The molecule has 1 atom stereocenters. The molecule has 27 heavy (non-hydrogen) atoms. The van der Waals surface area contributed by atoms with Crippen LogP contribution in [0.5, 0.6) is 0 Å². The molecular weight excluding hydrogens is 326 g/mol. The fourth-order valence-corrected chi connectivity index (χ4v) is 5.03. The van der Waals surface area contributed by atoms with Crippen molar-refractivity contribution >= 4 is 0 Å². The Hall–Kier alpha value is -2.38. The molecule has 3 saturated heterocycles. The standard InChI is InChI=1S/C26H27N/c1-3-7-21(8-4-1)24-15-20(16-25(18-24)22-9-5-2-6-10-22)17-26-19-27-13-11-23(26)12-14-27/h1-10,15-16,18,23,26H,11-14,17,19H2. The molecule has 2 bridgehead atoms. The third-order valence-electron chi connectivity index (χ3n) is 6.50. The molecule has 136 valence electrons. The molecule has 0 saturated carbocycles. The molecule has 3 aromatic carbocycles. The highest BCUT2D eigenvalue weighted by molar-refractivity contribution is 5.74. The van der Waals surface area contributed by atoms with E-state index in [0.29, 0.717) is 0 Å². The van der Waals surface area contributed by atoms with Crippen molar-refractivity contribution in [1.82, 2.24) is 4.90 Å². The number of fused-ring (bicyclic) bond motifs is 3. The maximum Gasteiger partial charge on any atom is 0.00155 e. The summed E-state index contributed by atoms with van der Waals surface area (Å²) in [5.41, 5.74) is 6.80. The number of benzene rings is 3. The van der Waals surface area contributed by atoms with Crippen LogP contribution in [0.2, 0.25) is 0 Å². The van der Waals surface area contributed by atoms with Crippen LogP contribution in [0.4, 0.5) is 0 Å². The van der Waals surface area contributed by atoms with Crippen molar-refractivity contribution in [2.45, 2.75) is 19.3 Å². The van der Waals surface area contributed by atoms with Crippen LogP contribution in [0.3, 0.4) is 0 Å². The van der Waals surface area contributed by atoms with Crippen LogP contribution in [-0.4, -0.2) is 24.5 Å². The molecule has 3 aromatic rings. The summed E-state index contributed by atoms with van der Waals surface area (Å²) in [6.45, 7) is 3.93. The molecule has 0 amide bonds. The predicted octanol–water partition coefficient (Wildman–Crippen LogP) is 5.90. The lowest BCUT2D eigenvalue weighted by Gasteiger charge is -2.45. The number of hydrogen-bond donors (Lipinski definition) is 0. The zero-order chi connectivity index (χ0) is 18.1. The Morgan fingerprint density at radius 3 is 1.70 bits per heavy atom. The average molecular weight is 354 g/mol. The molecule has 1 heteroatoms. The minimum atomic E-state index is 0.821. The molecule has 0 aromatic heterocycles. The van der Waals surface area contributed by atoms with Crippen LogP contribution in [0, 0.1) is 11.8 Å². The molecule has 3 fully saturated rings. The van der Waals surface area contributed by atoms with E-state index in [2.05, 4.69) is 83.8 Å². The second-order valence-corrected chi connectivity index (χ2v) is 8.25. The van der Waals surface area contributed by atoms with Crippen LogP contribution < -0.4 is 0 Å². The van der Waals surface area contributed by atoms with E-state index in [4.69, 9.17) is 0 Å². The molecule has 0 spiro atoms. The molecule has 1 nitrogen and oxygen atoms in total. The van der Waals surface area contributed by atoms with Gasteiger partial charge in [-0.3, -0.25) is 0 Å². The molecular formula is C26H27N. The van der Waals surface area contributed by atoms with Crippen LogP contribution in [0.15, 0.2) is 78.9 Å². The first-order valence-corrected chi connectivity index (χ1v) is 10.3. The SMILES string of the molecule is c1ccc(-c2cc(CC3CN4CCC3CC4)cc(-c3ccccc3)c2)cc1. The maximum absolute atomic E-state index is 2.67. The van der Waals surface area contributed by atoms with Crippen molar-refractivity contribution in [3.05, 3.63) is 84.4 Å². The van der Waals surface area contributed by atoms with Gasteiger partial charge in [0.05, 0.1) is 0 Å². The maximum atomic E-state index is 2.67. The van der Waals surface area contributed by atoms with Crippen molar-refractivity contribution in [3.8, 4) is 22.3 Å². The Morgan fingerprint density at radius 2 is 1.22 bits per heavy atom. The van der Waals surface area contributed by atoms with Crippen LogP contribution in [0.1, 0.15) is 18.4 Å². The Labute approximate surface area is 162 Å². The van der Waals surface area contributed by atoms with Gasteiger partial charge in [0.2, 0.25) is 0 Å². The predicted molar refractivity (Wildman–Crippen MR) is 114 cm³/mol.